The van der Waals surface area contributed by atoms with Gasteiger partial charge in [-0.3, -0.25) is 4.79 Å². The second-order valence-electron chi connectivity index (χ2n) is 3.88. The van der Waals surface area contributed by atoms with E-state index < -0.39 is 26.8 Å². The fraction of sp³-hybridized carbons (Fsp3) is 0.250. The lowest BCUT2D eigenvalue weighted by atomic mass is 10.3. The van der Waals surface area contributed by atoms with Gasteiger partial charge in [-0.2, -0.15) is 0 Å². The number of amides is 1. The molecule has 4 nitrogen and oxygen atoms in total. The van der Waals surface area contributed by atoms with Crippen LogP contribution in [0.4, 0.5) is 10.1 Å². The summed E-state index contributed by atoms with van der Waals surface area (Å²) >= 11 is 5.56. The second kappa shape index (κ2) is 6.16. The minimum absolute atomic E-state index is 0.153. The maximum absolute atomic E-state index is 12.9. The molecule has 1 unspecified atom stereocenters. The van der Waals surface area contributed by atoms with Crippen molar-refractivity contribution in [2.24, 2.45) is 0 Å². The summed E-state index contributed by atoms with van der Waals surface area (Å²) in [4.78, 5) is 11.8. The maximum atomic E-state index is 12.9. The molecule has 0 heterocycles. The third-order valence-corrected chi connectivity index (χ3v) is 4.73. The number of hydrogen-bond donors (Lipinski definition) is 1. The Hall–Kier alpha value is -1.40. The molecule has 0 aliphatic carbocycles. The van der Waals surface area contributed by atoms with Crippen LogP contribution in [-0.2, 0) is 14.6 Å². The molecule has 0 aliphatic heterocycles. The van der Waals surface area contributed by atoms with Crippen LogP contribution in [0.5, 0.6) is 0 Å². The molecule has 104 valence electrons. The van der Waals surface area contributed by atoms with Crippen LogP contribution in [0.2, 0.25) is 5.02 Å². The summed E-state index contributed by atoms with van der Waals surface area (Å²) in [6.07, 6.45) is 1.22. The van der Waals surface area contributed by atoms with Crippen molar-refractivity contribution in [1.82, 2.24) is 0 Å². The van der Waals surface area contributed by atoms with E-state index in [0.717, 1.165) is 6.07 Å². The third-order valence-electron chi connectivity index (χ3n) is 2.45. The van der Waals surface area contributed by atoms with Crippen LogP contribution in [0.3, 0.4) is 0 Å². The molecule has 1 aromatic carbocycles. The Morgan fingerprint density at radius 3 is 2.74 bits per heavy atom. The summed E-state index contributed by atoms with van der Waals surface area (Å²) in [6, 6.07) is 3.59. The van der Waals surface area contributed by atoms with Crippen molar-refractivity contribution in [3.05, 3.63) is 41.7 Å². The molecule has 1 N–H and O–H groups in total. The molecule has 0 aliphatic rings. The van der Waals surface area contributed by atoms with Crippen LogP contribution in [0.15, 0.2) is 30.9 Å². The molecule has 0 fully saturated rings. The molecule has 1 aromatic rings. The average molecular weight is 306 g/mol. The highest BCUT2D eigenvalue weighted by Gasteiger charge is 2.26. The van der Waals surface area contributed by atoms with E-state index in [1.165, 1.54) is 25.1 Å². The quantitative estimate of drug-likeness (QED) is 0.850. The smallest absolute Gasteiger partial charge is 0.242 e. The van der Waals surface area contributed by atoms with E-state index in [4.69, 9.17) is 11.6 Å². The van der Waals surface area contributed by atoms with Gasteiger partial charge in [0, 0.05) is 5.69 Å². The molecule has 1 rings (SSSR count). The molecule has 0 spiro atoms. The largest absolute Gasteiger partial charge is 0.325 e. The van der Waals surface area contributed by atoms with Crippen molar-refractivity contribution in [3.8, 4) is 0 Å². The number of hydrogen-bond acceptors (Lipinski definition) is 3. The Balaban J connectivity index is 2.85. The van der Waals surface area contributed by atoms with Gasteiger partial charge in [0.25, 0.3) is 0 Å². The fourth-order valence-electron chi connectivity index (χ4n) is 1.29. The predicted molar refractivity (Wildman–Crippen MR) is 73.5 cm³/mol. The zero-order chi connectivity index (χ0) is 14.6. The molecule has 19 heavy (non-hydrogen) atoms. The SMILES string of the molecule is C=CCS(=O)(=O)C(C)C(=O)Nc1ccc(F)c(Cl)c1. The van der Waals surface area contributed by atoms with Gasteiger partial charge in [0.1, 0.15) is 11.1 Å². The van der Waals surface area contributed by atoms with Gasteiger partial charge in [-0.15, -0.1) is 6.58 Å². The highest BCUT2D eigenvalue weighted by atomic mass is 35.5. The number of carbonyl (C=O) groups excluding carboxylic acids is 1. The predicted octanol–water partition coefficient (Wildman–Crippen LogP) is 2.41. The summed E-state index contributed by atoms with van der Waals surface area (Å²) in [5.41, 5.74) is 0.233. The Morgan fingerprint density at radius 2 is 2.21 bits per heavy atom. The lowest BCUT2D eigenvalue weighted by molar-refractivity contribution is -0.115. The van der Waals surface area contributed by atoms with Crippen molar-refractivity contribution in [2.75, 3.05) is 11.1 Å². The Labute approximate surface area is 116 Å². The molecule has 1 amide bonds. The Kier molecular flexibility index (Phi) is 5.08. The molecule has 0 bridgehead atoms. The molecule has 0 saturated heterocycles. The van der Waals surface area contributed by atoms with Crippen molar-refractivity contribution < 1.29 is 17.6 Å². The van der Waals surface area contributed by atoms with E-state index in [2.05, 4.69) is 11.9 Å². The summed E-state index contributed by atoms with van der Waals surface area (Å²) in [6.45, 7) is 4.60. The summed E-state index contributed by atoms with van der Waals surface area (Å²) < 4.78 is 36.3. The van der Waals surface area contributed by atoms with Gasteiger partial charge in [0.05, 0.1) is 10.8 Å². The average Bonchev–Trinajstić information content (AvgIpc) is 2.32. The number of halogens is 2. The van der Waals surface area contributed by atoms with E-state index in [9.17, 15) is 17.6 Å². The highest BCUT2D eigenvalue weighted by molar-refractivity contribution is 7.92. The number of sulfone groups is 1. The highest BCUT2D eigenvalue weighted by Crippen LogP contribution is 2.19. The van der Waals surface area contributed by atoms with Crippen LogP contribution in [0, 0.1) is 5.82 Å². The summed E-state index contributed by atoms with van der Waals surface area (Å²) in [5, 5.41) is 0.990. The molecule has 0 saturated carbocycles. The van der Waals surface area contributed by atoms with Gasteiger partial charge < -0.3 is 5.32 Å². The van der Waals surface area contributed by atoms with Crippen LogP contribution >= 0.6 is 11.6 Å². The Bertz CT molecular complexity index is 601. The number of anilines is 1. The first kappa shape index (κ1) is 15.7. The van der Waals surface area contributed by atoms with E-state index in [1.807, 2.05) is 0 Å². The fourth-order valence-corrected chi connectivity index (χ4v) is 2.47. The van der Waals surface area contributed by atoms with Crippen molar-refractivity contribution in [3.63, 3.8) is 0 Å². The van der Waals surface area contributed by atoms with Crippen LogP contribution in [0.1, 0.15) is 6.92 Å². The Morgan fingerprint density at radius 1 is 1.58 bits per heavy atom. The molecule has 7 heteroatoms. The number of carbonyl (C=O) groups is 1. The second-order valence-corrected chi connectivity index (χ2v) is 6.65. The lowest BCUT2D eigenvalue weighted by Gasteiger charge is -2.12. The zero-order valence-corrected chi connectivity index (χ0v) is 11.8. The number of rotatable bonds is 5. The van der Waals surface area contributed by atoms with Crippen molar-refractivity contribution in [2.45, 2.75) is 12.2 Å². The minimum atomic E-state index is -3.59. The van der Waals surface area contributed by atoms with Crippen LogP contribution in [-0.4, -0.2) is 25.3 Å². The standard InChI is InChI=1S/C12H13ClFNO3S/c1-3-6-19(17,18)8(2)12(16)15-9-4-5-11(14)10(13)7-9/h3-5,7-8H,1,6H2,2H3,(H,15,16). The van der Waals surface area contributed by atoms with Crippen molar-refractivity contribution in [1.29, 1.82) is 0 Å². The van der Waals surface area contributed by atoms with Gasteiger partial charge in [-0.25, -0.2) is 12.8 Å². The van der Waals surface area contributed by atoms with Crippen LogP contribution < -0.4 is 5.32 Å². The van der Waals surface area contributed by atoms with Gasteiger partial charge in [0.2, 0.25) is 5.91 Å². The molecule has 1 atom stereocenters. The zero-order valence-electron chi connectivity index (χ0n) is 10.2. The van der Waals surface area contributed by atoms with E-state index in [1.54, 1.807) is 0 Å². The topological polar surface area (TPSA) is 63.2 Å². The summed E-state index contributed by atoms with van der Waals surface area (Å²) in [7, 11) is -3.59. The van der Waals surface area contributed by atoms with Gasteiger partial charge >= 0.3 is 0 Å². The monoisotopic (exact) mass is 305 g/mol. The van der Waals surface area contributed by atoms with E-state index in [-0.39, 0.29) is 16.5 Å². The first-order valence-electron chi connectivity index (χ1n) is 5.36. The summed E-state index contributed by atoms with van der Waals surface area (Å²) in [5.74, 6) is -1.61. The molecular formula is C12H13ClFNO3S. The maximum Gasteiger partial charge on any atom is 0.242 e. The van der Waals surface area contributed by atoms with Gasteiger partial charge in [-0.05, 0) is 25.1 Å². The van der Waals surface area contributed by atoms with E-state index in [0.29, 0.717) is 0 Å². The minimum Gasteiger partial charge on any atom is -0.325 e. The number of benzene rings is 1. The molecular weight excluding hydrogens is 293 g/mol. The number of nitrogens with one attached hydrogen (secondary N) is 1. The van der Waals surface area contributed by atoms with Gasteiger partial charge in [0.15, 0.2) is 9.84 Å². The third kappa shape index (κ3) is 4.04. The first-order valence-corrected chi connectivity index (χ1v) is 7.45. The van der Waals surface area contributed by atoms with Crippen molar-refractivity contribution >= 4 is 33.0 Å². The lowest BCUT2D eigenvalue weighted by Crippen LogP contribution is -2.33. The van der Waals surface area contributed by atoms with E-state index >= 15 is 0 Å². The normalized spacial score (nSPS) is 12.8. The molecule has 0 aromatic heterocycles. The first-order chi connectivity index (χ1) is 8.77. The van der Waals surface area contributed by atoms with Crippen LogP contribution in [0.25, 0.3) is 0 Å². The molecule has 0 radical (unpaired) electrons. The van der Waals surface area contributed by atoms with Gasteiger partial charge in [-0.1, -0.05) is 17.7 Å².